The average Bonchev–Trinajstić information content (AvgIpc) is 2.68. The second-order valence-corrected chi connectivity index (χ2v) is 5.77. The molecule has 2 nitrogen and oxygen atoms in total. The van der Waals surface area contributed by atoms with Gasteiger partial charge in [-0.3, -0.25) is 4.99 Å². The fraction of sp³-hybridized carbons (Fsp3) is 0.0455. The Bertz CT molecular complexity index is 840. The van der Waals surface area contributed by atoms with Crippen molar-refractivity contribution in [1.29, 1.82) is 0 Å². The van der Waals surface area contributed by atoms with Gasteiger partial charge >= 0.3 is 0 Å². The molecule has 0 spiro atoms. The normalized spacial score (nSPS) is 11.5. The van der Waals surface area contributed by atoms with E-state index in [1.54, 1.807) is 30.5 Å². The number of benzene rings is 3. The van der Waals surface area contributed by atoms with E-state index in [1.807, 2.05) is 30.3 Å². The largest absolute Gasteiger partial charge is 0.373 e. The number of rotatable bonds is 6. The molecule has 3 aromatic rings. The monoisotopic (exact) mass is 348 g/mol. The first-order valence-electron chi connectivity index (χ1n) is 8.13. The van der Waals surface area contributed by atoms with Gasteiger partial charge in [-0.1, -0.05) is 54.6 Å². The van der Waals surface area contributed by atoms with Crippen molar-refractivity contribution in [3.8, 4) is 0 Å². The first-order valence-corrected chi connectivity index (χ1v) is 8.13. The van der Waals surface area contributed by atoms with E-state index in [4.69, 9.17) is 0 Å². The van der Waals surface area contributed by atoms with Gasteiger partial charge in [0.05, 0.1) is 0 Å². The summed E-state index contributed by atoms with van der Waals surface area (Å²) in [5.41, 5.74) is 1.70. The summed E-state index contributed by atoms with van der Waals surface area (Å²) in [6, 6.07) is 22.2. The summed E-state index contributed by atoms with van der Waals surface area (Å²) < 4.78 is 27.1. The summed E-state index contributed by atoms with van der Waals surface area (Å²) >= 11 is 0. The van der Waals surface area contributed by atoms with Crippen LogP contribution in [0.5, 0.6) is 0 Å². The van der Waals surface area contributed by atoms with Crippen molar-refractivity contribution in [2.24, 2.45) is 4.99 Å². The van der Waals surface area contributed by atoms with Crippen LogP contribution >= 0.6 is 0 Å². The molecular weight excluding hydrogens is 330 g/mol. The van der Waals surface area contributed by atoms with Crippen molar-refractivity contribution >= 4 is 6.72 Å². The minimum atomic E-state index is -0.843. The van der Waals surface area contributed by atoms with E-state index in [2.05, 4.69) is 17.0 Å². The van der Waals surface area contributed by atoms with Crippen LogP contribution < -0.4 is 5.32 Å². The SMILES string of the molecule is C=N/C=C\NC(c1ccccc1)(c1ccc(F)cc1)c1ccc(F)cc1. The molecule has 1 N–H and O–H groups in total. The topological polar surface area (TPSA) is 24.4 Å². The molecule has 3 rings (SSSR count). The summed E-state index contributed by atoms with van der Waals surface area (Å²) in [7, 11) is 0. The Morgan fingerprint density at radius 3 is 1.65 bits per heavy atom. The van der Waals surface area contributed by atoms with Crippen LogP contribution in [0.3, 0.4) is 0 Å². The summed E-state index contributed by atoms with van der Waals surface area (Å²) in [5.74, 6) is -0.642. The molecule has 0 fully saturated rings. The minimum Gasteiger partial charge on any atom is -0.373 e. The lowest BCUT2D eigenvalue weighted by atomic mass is 9.77. The predicted molar refractivity (Wildman–Crippen MR) is 101 cm³/mol. The van der Waals surface area contributed by atoms with Gasteiger partial charge in [0, 0.05) is 12.4 Å². The maximum Gasteiger partial charge on any atom is 0.123 e. The lowest BCUT2D eigenvalue weighted by Gasteiger charge is -2.36. The third kappa shape index (κ3) is 3.40. The Kier molecular flexibility index (Phi) is 5.23. The number of nitrogens with zero attached hydrogens (tertiary/aromatic N) is 1. The van der Waals surface area contributed by atoms with Crippen LogP contribution in [0, 0.1) is 11.6 Å². The Balaban J connectivity index is 2.29. The Morgan fingerprint density at radius 1 is 0.731 bits per heavy atom. The van der Waals surface area contributed by atoms with Crippen molar-refractivity contribution < 1.29 is 8.78 Å². The smallest absolute Gasteiger partial charge is 0.123 e. The average molecular weight is 348 g/mol. The molecule has 0 aliphatic carbocycles. The molecule has 0 aliphatic heterocycles. The highest BCUT2D eigenvalue weighted by molar-refractivity contribution is 5.50. The van der Waals surface area contributed by atoms with Crippen molar-refractivity contribution in [2.75, 3.05) is 0 Å². The molecule has 0 bridgehead atoms. The van der Waals surface area contributed by atoms with Gasteiger partial charge in [-0.2, -0.15) is 0 Å². The van der Waals surface area contributed by atoms with E-state index in [9.17, 15) is 8.78 Å². The molecule has 0 saturated carbocycles. The van der Waals surface area contributed by atoms with Gasteiger partial charge in [0.25, 0.3) is 0 Å². The van der Waals surface area contributed by atoms with Crippen LogP contribution in [-0.2, 0) is 5.54 Å². The van der Waals surface area contributed by atoms with Crippen LogP contribution in [0.15, 0.2) is 96.3 Å². The second-order valence-electron chi connectivity index (χ2n) is 5.77. The molecule has 0 radical (unpaired) electrons. The summed E-state index contributed by atoms with van der Waals surface area (Å²) in [4.78, 5) is 3.73. The first-order chi connectivity index (χ1) is 12.7. The molecule has 130 valence electrons. The molecular formula is C22H18F2N2. The maximum absolute atomic E-state index is 13.5. The summed E-state index contributed by atoms with van der Waals surface area (Å²) in [6.45, 7) is 3.45. The molecule has 0 atom stereocenters. The molecule has 0 saturated heterocycles. The number of halogens is 2. The van der Waals surface area contributed by atoms with Gasteiger partial charge in [-0.05, 0) is 47.7 Å². The van der Waals surface area contributed by atoms with Crippen LogP contribution in [0.4, 0.5) is 8.78 Å². The van der Waals surface area contributed by atoms with Crippen LogP contribution in [0.1, 0.15) is 16.7 Å². The molecule has 4 heteroatoms. The molecule has 0 heterocycles. The Labute approximate surface area is 151 Å². The van der Waals surface area contributed by atoms with Gasteiger partial charge in [-0.25, -0.2) is 8.78 Å². The van der Waals surface area contributed by atoms with Crippen LogP contribution in [0.25, 0.3) is 0 Å². The third-order valence-corrected chi connectivity index (χ3v) is 4.24. The molecule has 0 amide bonds. The second kappa shape index (κ2) is 7.74. The summed E-state index contributed by atoms with van der Waals surface area (Å²) in [6.07, 6.45) is 3.21. The van der Waals surface area contributed by atoms with E-state index in [0.717, 1.165) is 16.7 Å². The van der Waals surface area contributed by atoms with Gasteiger partial charge in [0.1, 0.15) is 17.2 Å². The predicted octanol–water partition coefficient (Wildman–Crippen LogP) is 5.02. The molecule has 0 aliphatic rings. The van der Waals surface area contributed by atoms with E-state index in [1.165, 1.54) is 30.5 Å². The highest BCUT2D eigenvalue weighted by Crippen LogP contribution is 2.37. The number of hydrogen-bond acceptors (Lipinski definition) is 2. The Hall–Kier alpha value is -3.27. The van der Waals surface area contributed by atoms with Crippen molar-refractivity contribution in [3.05, 3.63) is 120 Å². The molecule has 26 heavy (non-hydrogen) atoms. The lowest BCUT2D eigenvalue weighted by Crippen LogP contribution is -2.41. The van der Waals surface area contributed by atoms with E-state index in [0.29, 0.717) is 0 Å². The fourth-order valence-electron chi connectivity index (χ4n) is 3.05. The van der Waals surface area contributed by atoms with Gasteiger partial charge in [0.15, 0.2) is 0 Å². The number of hydrogen-bond donors (Lipinski definition) is 1. The van der Waals surface area contributed by atoms with Crippen LogP contribution in [-0.4, -0.2) is 6.72 Å². The maximum atomic E-state index is 13.5. The zero-order valence-corrected chi connectivity index (χ0v) is 14.1. The lowest BCUT2D eigenvalue weighted by molar-refractivity contribution is 0.544. The number of nitrogens with one attached hydrogen (secondary N) is 1. The highest BCUT2D eigenvalue weighted by atomic mass is 19.1. The first kappa shape index (κ1) is 17.5. The highest BCUT2D eigenvalue weighted by Gasteiger charge is 2.35. The van der Waals surface area contributed by atoms with E-state index >= 15 is 0 Å². The zero-order chi connectivity index (χ0) is 18.4. The van der Waals surface area contributed by atoms with E-state index < -0.39 is 5.54 Å². The molecule has 0 aromatic heterocycles. The molecule has 3 aromatic carbocycles. The molecule has 0 unspecified atom stereocenters. The van der Waals surface area contributed by atoms with E-state index in [-0.39, 0.29) is 11.6 Å². The fourth-order valence-corrected chi connectivity index (χ4v) is 3.05. The standard InChI is InChI=1S/C22H18F2N2/c1-25-15-16-26-22(17-5-3-2-4-6-17,18-7-11-20(23)12-8-18)19-9-13-21(24)14-10-19/h2-16,26H,1H2/b16-15-. The third-order valence-electron chi connectivity index (χ3n) is 4.24. The minimum absolute atomic E-state index is 0.321. The van der Waals surface area contributed by atoms with Crippen molar-refractivity contribution in [1.82, 2.24) is 5.32 Å². The van der Waals surface area contributed by atoms with Gasteiger partial charge < -0.3 is 5.32 Å². The zero-order valence-electron chi connectivity index (χ0n) is 14.1. The van der Waals surface area contributed by atoms with Crippen molar-refractivity contribution in [3.63, 3.8) is 0 Å². The Morgan fingerprint density at radius 2 is 1.19 bits per heavy atom. The van der Waals surface area contributed by atoms with Crippen LogP contribution in [0.2, 0.25) is 0 Å². The van der Waals surface area contributed by atoms with Gasteiger partial charge in [0.2, 0.25) is 0 Å². The van der Waals surface area contributed by atoms with Crippen molar-refractivity contribution in [2.45, 2.75) is 5.54 Å². The summed E-state index contributed by atoms with van der Waals surface area (Å²) in [5, 5.41) is 3.36. The van der Waals surface area contributed by atoms with Gasteiger partial charge in [-0.15, -0.1) is 0 Å². The quantitative estimate of drug-likeness (QED) is 0.491. The number of aliphatic imine (C=N–C) groups is 1.